The number of hydrogen-bond donors (Lipinski definition) is 1. The molecule has 0 fully saturated rings. The maximum Gasteiger partial charge on any atom is 0.276 e. The molecule has 0 saturated heterocycles. The minimum Gasteiger partial charge on any atom is -0.493 e. The second-order valence-electron chi connectivity index (χ2n) is 5.46. The molecule has 0 aliphatic heterocycles. The van der Waals surface area contributed by atoms with Crippen molar-refractivity contribution in [3.63, 3.8) is 0 Å². The van der Waals surface area contributed by atoms with Crippen molar-refractivity contribution < 1.29 is 18.7 Å². The Kier molecular flexibility index (Phi) is 6.32. The Morgan fingerprint density at radius 3 is 2.59 bits per heavy atom. The fraction of sp³-hybridized carbons (Fsp3) is 0.211. The van der Waals surface area contributed by atoms with Crippen LogP contribution in [0.25, 0.3) is 11.5 Å². The third kappa shape index (κ3) is 5.01. The topological polar surface area (TPSA) is 86.5 Å². The van der Waals surface area contributed by atoms with Crippen molar-refractivity contribution in [2.45, 2.75) is 11.6 Å². The maximum absolute atomic E-state index is 11.9. The lowest BCUT2D eigenvalue weighted by molar-refractivity contribution is -0.115. The molecule has 0 unspecified atom stereocenters. The summed E-state index contributed by atoms with van der Waals surface area (Å²) in [5, 5.41) is 11.3. The summed E-state index contributed by atoms with van der Waals surface area (Å²) in [7, 11) is 3.14. The van der Waals surface area contributed by atoms with Crippen LogP contribution in [0.3, 0.4) is 0 Å². The summed E-state index contributed by atoms with van der Waals surface area (Å²) in [4.78, 5) is 11.9. The minimum absolute atomic E-state index is 0.0617. The number of amides is 1. The van der Waals surface area contributed by atoms with Gasteiger partial charge in [0, 0.05) is 23.4 Å². The number of ether oxygens (including phenoxy) is 2. The van der Waals surface area contributed by atoms with Crippen molar-refractivity contribution in [2.75, 3.05) is 25.3 Å². The van der Waals surface area contributed by atoms with Gasteiger partial charge in [-0.25, -0.2) is 0 Å². The fourth-order valence-corrected chi connectivity index (χ4v) is 3.03. The lowest BCUT2D eigenvalue weighted by Gasteiger charge is -2.07. The number of nitrogens with one attached hydrogen (secondary N) is 1. The van der Waals surface area contributed by atoms with E-state index in [2.05, 4.69) is 15.5 Å². The van der Waals surface area contributed by atoms with Gasteiger partial charge in [0.05, 0.1) is 14.2 Å². The number of methoxy groups -OCH3 is 2. The third-order valence-electron chi connectivity index (χ3n) is 3.65. The zero-order valence-electron chi connectivity index (χ0n) is 15.0. The molecule has 2 aromatic carbocycles. The van der Waals surface area contributed by atoms with Gasteiger partial charge >= 0.3 is 0 Å². The first-order valence-electron chi connectivity index (χ1n) is 8.23. The van der Waals surface area contributed by atoms with Crippen molar-refractivity contribution in [1.29, 1.82) is 0 Å². The monoisotopic (exact) mass is 385 g/mol. The molecule has 1 amide bonds. The van der Waals surface area contributed by atoms with Gasteiger partial charge in [-0.05, 0) is 30.3 Å². The number of thioether (sulfide) groups is 1. The van der Waals surface area contributed by atoms with Gasteiger partial charge in [-0.2, -0.15) is 0 Å². The van der Waals surface area contributed by atoms with Gasteiger partial charge in [-0.15, -0.1) is 10.2 Å². The molecule has 140 valence electrons. The number of nitrogens with zero attached hydrogens (tertiary/aromatic N) is 2. The molecule has 1 aromatic heterocycles. The van der Waals surface area contributed by atoms with Gasteiger partial charge in [0.2, 0.25) is 11.8 Å². The molecule has 0 atom stereocenters. The molecule has 0 aliphatic rings. The lowest BCUT2D eigenvalue weighted by atomic mass is 10.2. The molecule has 27 heavy (non-hydrogen) atoms. The van der Waals surface area contributed by atoms with Crippen LogP contribution in [0.5, 0.6) is 11.5 Å². The Morgan fingerprint density at radius 2 is 1.85 bits per heavy atom. The lowest BCUT2D eigenvalue weighted by Crippen LogP contribution is -2.11. The number of rotatable bonds is 8. The van der Waals surface area contributed by atoms with E-state index in [1.54, 1.807) is 26.4 Å². The largest absolute Gasteiger partial charge is 0.493 e. The van der Waals surface area contributed by atoms with Crippen molar-refractivity contribution >= 4 is 23.4 Å². The molecule has 1 N–H and O–H groups in total. The Morgan fingerprint density at radius 1 is 1.07 bits per heavy atom. The second-order valence-corrected chi connectivity index (χ2v) is 6.50. The molecule has 0 radical (unpaired) electrons. The van der Waals surface area contributed by atoms with Crippen LogP contribution in [0.15, 0.2) is 58.2 Å². The molecule has 0 spiro atoms. The first-order chi connectivity index (χ1) is 13.2. The molecule has 0 saturated carbocycles. The van der Waals surface area contributed by atoms with Gasteiger partial charge in [-0.3, -0.25) is 4.79 Å². The van der Waals surface area contributed by atoms with E-state index in [0.717, 1.165) is 11.3 Å². The highest BCUT2D eigenvalue weighted by molar-refractivity contribution is 7.99. The van der Waals surface area contributed by atoms with Crippen LogP contribution in [0.4, 0.5) is 5.69 Å². The molecule has 0 bridgehead atoms. The quantitative estimate of drug-likeness (QED) is 0.589. The Balaban J connectivity index is 1.54. The molecule has 8 heteroatoms. The van der Waals surface area contributed by atoms with E-state index >= 15 is 0 Å². The number of hydrogen-bond acceptors (Lipinski definition) is 7. The number of para-hydroxylation sites is 1. The van der Waals surface area contributed by atoms with E-state index < -0.39 is 0 Å². The minimum atomic E-state index is -0.0617. The summed E-state index contributed by atoms with van der Waals surface area (Å²) in [6.07, 6.45) is 0.341. The molecule has 7 nitrogen and oxygen atoms in total. The summed E-state index contributed by atoms with van der Waals surface area (Å²) in [5.74, 6) is 2.06. The van der Waals surface area contributed by atoms with Gasteiger partial charge < -0.3 is 19.2 Å². The van der Waals surface area contributed by atoms with E-state index in [1.165, 1.54) is 11.8 Å². The van der Waals surface area contributed by atoms with Crippen LogP contribution in [0.1, 0.15) is 6.42 Å². The Labute approximate surface area is 161 Å². The summed E-state index contributed by atoms with van der Waals surface area (Å²) in [6, 6.07) is 14.7. The second kappa shape index (κ2) is 9.09. The summed E-state index contributed by atoms with van der Waals surface area (Å²) < 4.78 is 16.2. The molecular weight excluding hydrogens is 366 g/mol. The van der Waals surface area contributed by atoms with Crippen molar-refractivity contribution in [1.82, 2.24) is 10.2 Å². The van der Waals surface area contributed by atoms with Crippen LogP contribution in [0, 0.1) is 0 Å². The standard InChI is InChI=1S/C19H19N3O4S/c1-24-15-9-8-13(12-16(15)25-2)18-21-22-19(26-18)27-11-10-17(23)20-14-6-4-3-5-7-14/h3-9,12H,10-11H2,1-2H3,(H,20,23). The molecular formula is C19H19N3O4S. The predicted octanol–water partition coefficient (Wildman–Crippen LogP) is 3.87. The van der Waals surface area contributed by atoms with Crippen LogP contribution in [-0.2, 0) is 4.79 Å². The summed E-state index contributed by atoms with van der Waals surface area (Å²) >= 11 is 1.34. The van der Waals surface area contributed by atoms with E-state index in [-0.39, 0.29) is 5.91 Å². The highest BCUT2D eigenvalue weighted by Gasteiger charge is 2.13. The Hall–Kier alpha value is -3.00. The van der Waals surface area contributed by atoms with Crippen molar-refractivity contribution in [3.05, 3.63) is 48.5 Å². The van der Waals surface area contributed by atoms with Crippen LogP contribution >= 0.6 is 11.8 Å². The van der Waals surface area contributed by atoms with Gasteiger partial charge in [0.15, 0.2) is 11.5 Å². The molecule has 1 heterocycles. The first-order valence-corrected chi connectivity index (χ1v) is 9.21. The molecule has 3 aromatic rings. The van der Waals surface area contributed by atoms with E-state index in [9.17, 15) is 4.79 Å². The zero-order chi connectivity index (χ0) is 19.1. The normalized spacial score (nSPS) is 10.4. The highest BCUT2D eigenvalue weighted by atomic mass is 32.2. The van der Waals surface area contributed by atoms with Crippen LogP contribution < -0.4 is 14.8 Å². The van der Waals surface area contributed by atoms with E-state index in [4.69, 9.17) is 13.9 Å². The Bertz CT molecular complexity index is 899. The van der Waals surface area contributed by atoms with Crippen LogP contribution in [0.2, 0.25) is 0 Å². The smallest absolute Gasteiger partial charge is 0.276 e. The van der Waals surface area contributed by atoms with Crippen molar-refractivity contribution in [3.8, 4) is 23.0 Å². The highest BCUT2D eigenvalue weighted by Crippen LogP contribution is 2.32. The van der Waals surface area contributed by atoms with Gasteiger partial charge in [0.25, 0.3) is 5.22 Å². The SMILES string of the molecule is COc1ccc(-c2nnc(SCCC(=O)Nc3ccccc3)o2)cc1OC. The maximum atomic E-state index is 11.9. The fourth-order valence-electron chi connectivity index (χ4n) is 2.33. The zero-order valence-corrected chi connectivity index (χ0v) is 15.8. The molecule has 0 aliphatic carbocycles. The van der Waals surface area contributed by atoms with E-state index in [1.807, 2.05) is 36.4 Å². The summed E-state index contributed by atoms with van der Waals surface area (Å²) in [6.45, 7) is 0. The van der Waals surface area contributed by atoms with Gasteiger partial charge in [-0.1, -0.05) is 30.0 Å². The number of aromatic nitrogens is 2. The number of benzene rings is 2. The average molecular weight is 385 g/mol. The van der Waals surface area contributed by atoms with Crippen LogP contribution in [-0.4, -0.2) is 36.1 Å². The third-order valence-corrected chi connectivity index (χ3v) is 4.47. The number of carbonyl (C=O) groups is 1. The average Bonchev–Trinajstić information content (AvgIpc) is 3.17. The molecule has 3 rings (SSSR count). The first kappa shape index (κ1) is 18.8. The summed E-state index contributed by atoms with van der Waals surface area (Å²) in [5.41, 5.74) is 1.51. The van der Waals surface area contributed by atoms with E-state index in [0.29, 0.717) is 34.8 Å². The van der Waals surface area contributed by atoms with Gasteiger partial charge in [0.1, 0.15) is 0 Å². The number of carbonyl (C=O) groups excluding carboxylic acids is 1. The predicted molar refractivity (Wildman–Crippen MR) is 103 cm³/mol. The number of anilines is 1. The van der Waals surface area contributed by atoms with Crippen molar-refractivity contribution in [2.24, 2.45) is 0 Å².